The predicted molar refractivity (Wildman–Crippen MR) is 101 cm³/mol. The molecule has 1 aliphatic rings. The van der Waals surface area contributed by atoms with Crippen LogP contribution < -0.4 is 16.8 Å². The number of imidazole rings is 1. The summed E-state index contributed by atoms with van der Waals surface area (Å²) in [7, 11) is 0. The molecule has 1 aliphatic carbocycles. The number of aromatic nitrogens is 3. The van der Waals surface area contributed by atoms with Crippen molar-refractivity contribution in [3.63, 3.8) is 0 Å². The third-order valence-corrected chi connectivity index (χ3v) is 5.23. The summed E-state index contributed by atoms with van der Waals surface area (Å²) < 4.78 is 15.8. The fourth-order valence-electron chi connectivity index (χ4n) is 3.58. The molecule has 1 saturated carbocycles. The van der Waals surface area contributed by atoms with E-state index in [2.05, 4.69) is 10.4 Å². The van der Waals surface area contributed by atoms with Crippen molar-refractivity contribution < 1.29 is 4.39 Å². The van der Waals surface area contributed by atoms with Gasteiger partial charge in [-0.1, -0.05) is 12.1 Å². The average Bonchev–Trinajstić information content (AvgIpc) is 3.04. The molecule has 0 amide bonds. The number of halogens is 1. The van der Waals surface area contributed by atoms with Crippen molar-refractivity contribution in [3.8, 4) is 0 Å². The second-order valence-electron chi connectivity index (χ2n) is 7.04. The van der Waals surface area contributed by atoms with Gasteiger partial charge in [0.25, 0.3) is 0 Å². The zero-order valence-corrected chi connectivity index (χ0v) is 14.7. The van der Waals surface area contributed by atoms with Gasteiger partial charge in [0.1, 0.15) is 11.6 Å². The molecule has 5 N–H and O–H groups in total. The standard InChI is InChI=1S/C19H23FN6/c1-11-17(23-15-5-3-2-4-14(15)20)19-24-16(10-26(19)25-18(11)22)12-6-8-13(21)9-7-12/h2-5,10,12-13,23H,6-9,21H2,1H3,(H2,22,25)/t12-,13-. The van der Waals surface area contributed by atoms with Crippen molar-refractivity contribution in [2.24, 2.45) is 5.73 Å². The minimum Gasteiger partial charge on any atom is -0.382 e. The van der Waals surface area contributed by atoms with Crippen LogP contribution in [-0.2, 0) is 0 Å². The number of hydrogen-bond donors (Lipinski definition) is 3. The molecule has 0 saturated heterocycles. The van der Waals surface area contributed by atoms with E-state index in [9.17, 15) is 4.39 Å². The first kappa shape index (κ1) is 16.8. The highest BCUT2D eigenvalue weighted by atomic mass is 19.1. The van der Waals surface area contributed by atoms with Gasteiger partial charge < -0.3 is 16.8 Å². The van der Waals surface area contributed by atoms with E-state index >= 15 is 0 Å². The predicted octanol–water partition coefficient (Wildman–Crippen LogP) is 3.49. The van der Waals surface area contributed by atoms with Gasteiger partial charge in [-0.15, -0.1) is 5.10 Å². The van der Waals surface area contributed by atoms with Gasteiger partial charge in [-0.3, -0.25) is 0 Å². The summed E-state index contributed by atoms with van der Waals surface area (Å²) in [6, 6.07) is 6.84. The van der Waals surface area contributed by atoms with Gasteiger partial charge in [-0.05, 0) is 44.7 Å². The fraction of sp³-hybridized carbons (Fsp3) is 0.368. The zero-order chi connectivity index (χ0) is 18.3. The lowest BCUT2D eigenvalue weighted by molar-refractivity contribution is 0.391. The third-order valence-electron chi connectivity index (χ3n) is 5.23. The largest absolute Gasteiger partial charge is 0.382 e. The smallest absolute Gasteiger partial charge is 0.177 e. The second kappa shape index (κ2) is 6.57. The van der Waals surface area contributed by atoms with E-state index in [1.807, 2.05) is 13.1 Å². The Balaban J connectivity index is 1.76. The van der Waals surface area contributed by atoms with Gasteiger partial charge in [0.2, 0.25) is 0 Å². The number of rotatable bonds is 3. The Kier molecular flexibility index (Phi) is 4.24. The molecule has 1 fully saturated rings. The Hall–Kier alpha value is -2.67. The molecule has 6 nitrogen and oxygen atoms in total. The number of anilines is 3. The summed E-state index contributed by atoms with van der Waals surface area (Å²) in [5.74, 6) is 0.443. The molecule has 1 aromatic carbocycles. The molecule has 3 aromatic rings. The molecule has 0 spiro atoms. The molecule has 26 heavy (non-hydrogen) atoms. The van der Waals surface area contributed by atoms with Crippen LogP contribution in [0.1, 0.15) is 42.9 Å². The normalized spacial score (nSPS) is 20.4. The van der Waals surface area contributed by atoms with E-state index in [0.29, 0.717) is 28.8 Å². The van der Waals surface area contributed by atoms with E-state index in [4.69, 9.17) is 16.5 Å². The molecular formula is C19H23FN6. The highest BCUT2D eigenvalue weighted by molar-refractivity contribution is 5.80. The molecule has 0 aliphatic heterocycles. The lowest BCUT2D eigenvalue weighted by atomic mass is 9.85. The lowest BCUT2D eigenvalue weighted by Crippen LogP contribution is -2.25. The number of nitrogen functional groups attached to an aromatic ring is 1. The Bertz CT molecular complexity index is 943. The van der Waals surface area contributed by atoms with Gasteiger partial charge >= 0.3 is 0 Å². The summed E-state index contributed by atoms with van der Waals surface area (Å²) in [4.78, 5) is 4.81. The Morgan fingerprint density at radius 3 is 2.65 bits per heavy atom. The molecule has 0 atom stereocenters. The van der Waals surface area contributed by atoms with Crippen LogP contribution in [0.15, 0.2) is 30.5 Å². The Morgan fingerprint density at radius 1 is 1.19 bits per heavy atom. The quantitative estimate of drug-likeness (QED) is 0.669. The lowest BCUT2D eigenvalue weighted by Gasteiger charge is -2.24. The summed E-state index contributed by atoms with van der Waals surface area (Å²) in [6.45, 7) is 1.86. The number of hydrogen-bond acceptors (Lipinski definition) is 5. The summed E-state index contributed by atoms with van der Waals surface area (Å²) >= 11 is 0. The van der Waals surface area contributed by atoms with Crippen molar-refractivity contribution in [2.75, 3.05) is 11.1 Å². The van der Waals surface area contributed by atoms with Crippen LogP contribution in [0.2, 0.25) is 0 Å². The van der Waals surface area contributed by atoms with Crippen LogP contribution in [0.4, 0.5) is 21.6 Å². The van der Waals surface area contributed by atoms with E-state index in [1.54, 1.807) is 22.7 Å². The Morgan fingerprint density at radius 2 is 1.92 bits per heavy atom. The highest BCUT2D eigenvalue weighted by Crippen LogP contribution is 2.34. The SMILES string of the molecule is Cc1c(N)nn2cc([C@H]3CC[C@H](N)CC3)nc2c1Nc1ccccc1F. The van der Waals surface area contributed by atoms with Crippen LogP contribution in [0.5, 0.6) is 0 Å². The van der Waals surface area contributed by atoms with Crippen LogP contribution in [0, 0.1) is 12.7 Å². The number of nitrogens with zero attached hydrogens (tertiary/aromatic N) is 3. The van der Waals surface area contributed by atoms with E-state index in [1.165, 1.54) is 6.07 Å². The molecular weight excluding hydrogens is 331 g/mol. The summed E-state index contributed by atoms with van der Waals surface area (Å²) in [5, 5.41) is 7.55. The molecule has 2 heterocycles. The molecule has 2 aromatic heterocycles. The van der Waals surface area contributed by atoms with E-state index in [-0.39, 0.29) is 11.9 Å². The molecule has 0 bridgehead atoms. The first-order valence-corrected chi connectivity index (χ1v) is 8.95. The first-order chi connectivity index (χ1) is 12.5. The minimum atomic E-state index is -0.325. The number of nitrogens with one attached hydrogen (secondary N) is 1. The van der Waals surface area contributed by atoms with Crippen molar-refractivity contribution in [1.29, 1.82) is 0 Å². The maximum atomic E-state index is 14.1. The Labute approximate surface area is 151 Å². The third kappa shape index (κ3) is 2.99. The number of nitrogens with two attached hydrogens (primary N) is 2. The maximum Gasteiger partial charge on any atom is 0.177 e. The van der Waals surface area contributed by atoms with Crippen molar-refractivity contribution >= 4 is 22.8 Å². The van der Waals surface area contributed by atoms with Crippen LogP contribution in [-0.4, -0.2) is 20.6 Å². The van der Waals surface area contributed by atoms with Gasteiger partial charge in [0.15, 0.2) is 5.65 Å². The fourth-order valence-corrected chi connectivity index (χ4v) is 3.58. The maximum absolute atomic E-state index is 14.1. The first-order valence-electron chi connectivity index (χ1n) is 8.95. The zero-order valence-electron chi connectivity index (χ0n) is 14.7. The topological polar surface area (TPSA) is 94.3 Å². The van der Waals surface area contributed by atoms with Crippen LogP contribution in [0.25, 0.3) is 5.65 Å². The van der Waals surface area contributed by atoms with Crippen molar-refractivity contribution in [1.82, 2.24) is 14.6 Å². The molecule has 136 valence electrons. The second-order valence-corrected chi connectivity index (χ2v) is 7.04. The molecule has 4 rings (SSSR count). The molecule has 0 radical (unpaired) electrons. The van der Waals surface area contributed by atoms with Crippen molar-refractivity contribution in [3.05, 3.63) is 47.5 Å². The number of fused-ring (bicyclic) bond motifs is 1. The number of para-hydroxylation sites is 1. The summed E-state index contributed by atoms with van der Waals surface area (Å²) in [6.07, 6.45) is 5.99. The van der Waals surface area contributed by atoms with Gasteiger partial charge in [0, 0.05) is 17.5 Å². The van der Waals surface area contributed by atoms with E-state index < -0.39 is 0 Å². The van der Waals surface area contributed by atoms with E-state index in [0.717, 1.165) is 36.9 Å². The minimum absolute atomic E-state index is 0.289. The average molecular weight is 354 g/mol. The van der Waals surface area contributed by atoms with Gasteiger partial charge in [-0.25, -0.2) is 13.9 Å². The molecule has 0 unspecified atom stereocenters. The highest BCUT2D eigenvalue weighted by Gasteiger charge is 2.24. The summed E-state index contributed by atoms with van der Waals surface area (Å²) in [5.41, 5.74) is 15.6. The van der Waals surface area contributed by atoms with Crippen molar-refractivity contribution in [2.45, 2.75) is 44.6 Å². The molecule has 7 heteroatoms. The number of benzene rings is 1. The van der Waals surface area contributed by atoms with Crippen LogP contribution in [0.3, 0.4) is 0 Å². The van der Waals surface area contributed by atoms with Crippen LogP contribution >= 0.6 is 0 Å². The monoisotopic (exact) mass is 354 g/mol. The van der Waals surface area contributed by atoms with Gasteiger partial charge in [-0.2, -0.15) is 0 Å². The van der Waals surface area contributed by atoms with Gasteiger partial charge in [0.05, 0.1) is 23.3 Å².